The van der Waals surface area contributed by atoms with Crippen molar-refractivity contribution in [2.24, 2.45) is 5.84 Å². The lowest BCUT2D eigenvalue weighted by molar-refractivity contribution is -0.742. The lowest BCUT2D eigenvalue weighted by Crippen LogP contribution is -2.08. The van der Waals surface area contributed by atoms with Crippen LogP contribution in [0.1, 0.15) is 0 Å². The molecule has 0 spiro atoms. The molecule has 0 heterocycles. The van der Waals surface area contributed by atoms with Crippen LogP contribution in [0.2, 0.25) is 0 Å². The molecule has 0 saturated carbocycles. The Morgan fingerprint density at radius 3 is 2.53 bits per heavy atom. The number of nitrogen functional groups attached to an aromatic ring is 1. The SMILES string of the molecule is COc1ccc(NN)c(F)c1.O=[N+]([O-])O. The molecule has 0 bridgehead atoms. The summed E-state index contributed by atoms with van der Waals surface area (Å²) in [7, 11) is 1.48. The number of nitrogens with one attached hydrogen (secondary N) is 1. The van der Waals surface area contributed by atoms with Crippen LogP contribution in [-0.4, -0.2) is 17.4 Å². The fourth-order valence-corrected chi connectivity index (χ4v) is 0.740. The molecular weight excluding hydrogens is 209 g/mol. The van der Waals surface area contributed by atoms with Gasteiger partial charge in [0.05, 0.1) is 12.8 Å². The van der Waals surface area contributed by atoms with Crippen LogP contribution in [0.25, 0.3) is 0 Å². The van der Waals surface area contributed by atoms with Crippen LogP contribution >= 0.6 is 0 Å². The zero-order valence-electron chi connectivity index (χ0n) is 7.81. The first-order valence-corrected chi connectivity index (χ1v) is 3.64. The van der Waals surface area contributed by atoms with Crippen molar-refractivity contribution >= 4 is 5.69 Å². The smallest absolute Gasteiger partial charge is 0.291 e. The van der Waals surface area contributed by atoms with E-state index >= 15 is 0 Å². The zero-order chi connectivity index (χ0) is 11.8. The van der Waals surface area contributed by atoms with Crippen molar-refractivity contribution in [1.29, 1.82) is 0 Å². The van der Waals surface area contributed by atoms with Crippen LogP contribution in [0.5, 0.6) is 5.75 Å². The Morgan fingerprint density at radius 1 is 1.67 bits per heavy atom. The molecule has 0 aliphatic heterocycles. The molecular formula is C7H10FN3O4. The summed E-state index contributed by atoms with van der Waals surface area (Å²) in [6.07, 6.45) is 0. The molecule has 0 amide bonds. The minimum absolute atomic E-state index is 0.255. The van der Waals surface area contributed by atoms with Crippen LogP contribution in [0, 0.1) is 15.9 Å². The molecule has 0 aromatic heterocycles. The van der Waals surface area contributed by atoms with Crippen molar-refractivity contribution in [1.82, 2.24) is 0 Å². The van der Waals surface area contributed by atoms with Gasteiger partial charge >= 0.3 is 0 Å². The number of methoxy groups -OCH3 is 1. The number of nitrogens with two attached hydrogens (primary N) is 1. The highest BCUT2D eigenvalue weighted by Gasteiger charge is 2.00. The van der Waals surface area contributed by atoms with Gasteiger partial charge in [0.15, 0.2) is 5.82 Å². The Balaban J connectivity index is 0.000000423. The summed E-state index contributed by atoms with van der Waals surface area (Å²) in [6, 6.07) is 4.39. The van der Waals surface area contributed by atoms with E-state index in [0.717, 1.165) is 0 Å². The molecule has 0 radical (unpaired) electrons. The van der Waals surface area contributed by atoms with Crippen LogP contribution in [0.4, 0.5) is 10.1 Å². The minimum Gasteiger partial charge on any atom is -0.497 e. The van der Waals surface area contributed by atoms with Gasteiger partial charge < -0.3 is 15.4 Å². The fraction of sp³-hybridized carbons (Fsp3) is 0.143. The van der Waals surface area contributed by atoms with Crippen molar-refractivity contribution in [2.45, 2.75) is 0 Å². The van der Waals surface area contributed by atoms with E-state index < -0.39 is 10.9 Å². The standard InChI is InChI=1S/C7H9FN2O.HNO3/c1-11-5-2-3-7(10-9)6(8)4-5;2-1(3)4/h2-4,10H,9H2,1H3;(H,2,3,4). The summed E-state index contributed by atoms with van der Waals surface area (Å²) in [5, 5.41) is 13.6. The Labute approximate surface area is 84.3 Å². The zero-order valence-corrected chi connectivity index (χ0v) is 7.81. The highest BCUT2D eigenvalue weighted by molar-refractivity contribution is 5.46. The Hall–Kier alpha value is -2.09. The van der Waals surface area contributed by atoms with Gasteiger partial charge in [0.1, 0.15) is 5.75 Å². The first-order chi connectivity index (χ1) is 7.01. The summed E-state index contributed by atoms with van der Waals surface area (Å²) in [4.78, 5) is 8.36. The lowest BCUT2D eigenvalue weighted by atomic mass is 10.3. The number of benzene rings is 1. The maximum atomic E-state index is 12.8. The van der Waals surface area contributed by atoms with Gasteiger partial charge in [-0.2, -0.15) is 0 Å². The number of hydrogen-bond donors (Lipinski definition) is 3. The molecule has 0 atom stereocenters. The average Bonchev–Trinajstić information content (AvgIpc) is 2.16. The number of hydrogen-bond acceptors (Lipinski definition) is 5. The van der Waals surface area contributed by atoms with E-state index in [1.165, 1.54) is 19.2 Å². The third kappa shape index (κ3) is 5.26. The van der Waals surface area contributed by atoms with E-state index in [0.29, 0.717) is 5.75 Å². The van der Waals surface area contributed by atoms with E-state index in [1.807, 2.05) is 0 Å². The summed E-state index contributed by atoms with van der Waals surface area (Å²) < 4.78 is 17.6. The number of nitrogens with zero attached hydrogens (tertiary/aromatic N) is 1. The summed E-state index contributed by atoms with van der Waals surface area (Å²) in [6.45, 7) is 0. The second kappa shape index (κ2) is 6.38. The third-order valence-corrected chi connectivity index (χ3v) is 1.33. The molecule has 0 saturated heterocycles. The molecule has 7 nitrogen and oxygen atoms in total. The van der Waals surface area contributed by atoms with Gasteiger partial charge in [-0.1, -0.05) is 0 Å². The van der Waals surface area contributed by atoms with Gasteiger partial charge in [0, 0.05) is 6.07 Å². The van der Waals surface area contributed by atoms with E-state index in [2.05, 4.69) is 5.43 Å². The quantitative estimate of drug-likeness (QED) is 0.385. The molecule has 1 aromatic carbocycles. The average molecular weight is 219 g/mol. The van der Waals surface area contributed by atoms with Crippen molar-refractivity contribution in [3.8, 4) is 5.75 Å². The molecule has 0 fully saturated rings. The second-order valence-corrected chi connectivity index (χ2v) is 2.23. The highest BCUT2D eigenvalue weighted by Crippen LogP contribution is 2.18. The van der Waals surface area contributed by atoms with Gasteiger partial charge in [-0.3, -0.25) is 5.84 Å². The summed E-state index contributed by atoms with van der Waals surface area (Å²) in [5.41, 5.74) is 2.47. The molecule has 4 N–H and O–H groups in total. The minimum atomic E-state index is -1.50. The van der Waals surface area contributed by atoms with Crippen molar-refractivity contribution in [3.63, 3.8) is 0 Å². The fourth-order valence-electron chi connectivity index (χ4n) is 0.740. The number of halogens is 1. The van der Waals surface area contributed by atoms with Crippen molar-refractivity contribution in [2.75, 3.05) is 12.5 Å². The number of rotatable bonds is 2. The Bertz CT molecular complexity index is 330. The predicted octanol–water partition coefficient (Wildman–Crippen LogP) is 0.772. The normalized spacial score (nSPS) is 8.47. The number of ether oxygens (including phenoxy) is 1. The second-order valence-electron chi connectivity index (χ2n) is 2.23. The van der Waals surface area contributed by atoms with E-state index in [-0.39, 0.29) is 5.69 Å². The molecule has 0 aliphatic carbocycles. The van der Waals surface area contributed by atoms with Gasteiger partial charge in [-0.05, 0) is 12.1 Å². The monoisotopic (exact) mass is 219 g/mol. The molecule has 0 aliphatic rings. The number of hydrazine groups is 1. The van der Waals surface area contributed by atoms with Crippen LogP contribution in [0.3, 0.4) is 0 Å². The number of anilines is 1. The molecule has 15 heavy (non-hydrogen) atoms. The van der Waals surface area contributed by atoms with E-state index in [1.54, 1.807) is 6.07 Å². The van der Waals surface area contributed by atoms with Gasteiger partial charge in [-0.15, -0.1) is 10.1 Å². The Kier molecular flexibility index (Phi) is 5.49. The van der Waals surface area contributed by atoms with Gasteiger partial charge in [0.2, 0.25) is 0 Å². The van der Waals surface area contributed by atoms with Crippen molar-refractivity contribution < 1.29 is 19.4 Å². The molecule has 1 aromatic rings. The third-order valence-electron chi connectivity index (χ3n) is 1.33. The van der Waals surface area contributed by atoms with E-state index in [4.69, 9.17) is 25.9 Å². The van der Waals surface area contributed by atoms with Gasteiger partial charge in [0.25, 0.3) is 5.09 Å². The largest absolute Gasteiger partial charge is 0.497 e. The highest BCUT2D eigenvalue weighted by atomic mass is 19.1. The maximum absolute atomic E-state index is 12.8. The topological polar surface area (TPSA) is 111 Å². The molecule has 84 valence electrons. The summed E-state index contributed by atoms with van der Waals surface area (Å²) >= 11 is 0. The van der Waals surface area contributed by atoms with Gasteiger partial charge in [-0.25, -0.2) is 4.39 Å². The first kappa shape index (κ1) is 12.9. The Morgan fingerprint density at radius 2 is 2.20 bits per heavy atom. The molecule has 1 rings (SSSR count). The van der Waals surface area contributed by atoms with Crippen LogP contribution in [0.15, 0.2) is 18.2 Å². The first-order valence-electron chi connectivity index (χ1n) is 3.64. The van der Waals surface area contributed by atoms with Crippen LogP contribution in [-0.2, 0) is 0 Å². The molecule has 0 unspecified atom stereocenters. The van der Waals surface area contributed by atoms with Crippen molar-refractivity contribution in [3.05, 3.63) is 34.1 Å². The predicted molar refractivity (Wildman–Crippen MR) is 49.5 cm³/mol. The molecule has 8 heteroatoms. The lowest BCUT2D eigenvalue weighted by Gasteiger charge is -2.03. The van der Waals surface area contributed by atoms with Crippen LogP contribution < -0.4 is 16.0 Å². The summed E-state index contributed by atoms with van der Waals surface area (Å²) in [5.74, 6) is 5.06. The van der Waals surface area contributed by atoms with E-state index in [9.17, 15) is 4.39 Å². The maximum Gasteiger partial charge on any atom is 0.291 e.